The Morgan fingerprint density at radius 2 is 0.726 bits per heavy atom. The number of hydrogen-bond donors (Lipinski definition) is 0. The van der Waals surface area contributed by atoms with Crippen LogP contribution < -0.4 is 0 Å². The van der Waals surface area contributed by atoms with E-state index < -0.39 is 6.10 Å². The van der Waals surface area contributed by atoms with Crippen molar-refractivity contribution >= 4 is 11.9 Å². The standard InChI is InChI=1S/C57H100O5/c1-4-7-10-13-16-19-21-23-25-27-29-30-32-34-36-39-41-44-47-50-56(58)61-54-55(62-57(59)51-48-45-42-38-18-15-12-9-6-3)53-60-52-49-46-43-40-37-35-33-31-28-26-24-22-20-17-14-11-8-5-2/h8,11,16-17,19-20,23-26,31,33,55H,4-7,9-10,12-15,18,21-22,27-30,32,34-54H2,1-3H3/b11-8-,19-16-,20-17-,25-23-,26-24-,33-31-. The average molecular weight is 865 g/mol. The first-order chi connectivity index (χ1) is 30.6. The van der Waals surface area contributed by atoms with Crippen molar-refractivity contribution in [3.05, 3.63) is 72.9 Å². The Kier molecular flexibility index (Phi) is 50.4. The van der Waals surface area contributed by atoms with Crippen LogP contribution >= 0.6 is 0 Å². The minimum absolute atomic E-state index is 0.0750. The fourth-order valence-corrected chi connectivity index (χ4v) is 7.30. The Morgan fingerprint density at radius 1 is 0.371 bits per heavy atom. The lowest BCUT2D eigenvalue weighted by atomic mass is 10.1. The molecule has 0 aliphatic heterocycles. The predicted molar refractivity (Wildman–Crippen MR) is 270 cm³/mol. The summed E-state index contributed by atoms with van der Waals surface area (Å²) in [7, 11) is 0. The highest BCUT2D eigenvalue weighted by molar-refractivity contribution is 5.70. The van der Waals surface area contributed by atoms with E-state index in [1.807, 2.05) is 0 Å². The number of carbonyl (C=O) groups is 2. The molecule has 0 amide bonds. The van der Waals surface area contributed by atoms with Gasteiger partial charge in [0.25, 0.3) is 0 Å². The van der Waals surface area contributed by atoms with Gasteiger partial charge in [-0.3, -0.25) is 9.59 Å². The minimum Gasteiger partial charge on any atom is -0.462 e. The van der Waals surface area contributed by atoms with E-state index in [-0.39, 0.29) is 25.2 Å². The summed E-state index contributed by atoms with van der Waals surface area (Å²) in [5.41, 5.74) is 0. The van der Waals surface area contributed by atoms with Gasteiger partial charge in [-0.25, -0.2) is 0 Å². The second kappa shape index (κ2) is 52.7. The molecular weight excluding hydrogens is 765 g/mol. The third kappa shape index (κ3) is 50.0. The summed E-state index contributed by atoms with van der Waals surface area (Å²) in [5.74, 6) is -0.411. The van der Waals surface area contributed by atoms with Crippen LogP contribution in [0.3, 0.4) is 0 Å². The fourth-order valence-electron chi connectivity index (χ4n) is 7.30. The molecule has 0 fully saturated rings. The normalized spacial score (nSPS) is 12.8. The van der Waals surface area contributed by atoms with Gasteiger partial charge in [-0.05, 0) is 89.9 Å². The summed E-state index contributed by atoms with van der Waals surface area (Å²) in [4.78, 5) is 25.3. The van der Waals surface area contributed by atoms with Crippen LogP contribution in [0.2, 0.25) is 0 Å². The van der Waals surface area contributed by atoms with E-state index in [0.29, 0.717) is 19.4 Å². The van der Waals surface area contributed by atoms with E-state index in [4.69, 9.17) is 14.2 Å². The van der Waals surface area contributed by atoms with Crippen molar-refractivity contribution in [3.8, 4) is 0 Å². The molecule has 0 aromatic rings. The van der Waals surface area contributed by atoms with Crippen molar-refractivity contribution in [3.63, 3.8) is 0 Å². The molecule has 1 unspecified atom stereocenters. The van der Waals surface area contributed by atoms with Crippen molar-refractivity contribution < 1.29 is 23.8 Å². The minimum atomic E-state index is -0.547. The number of allylic oxidation sites excluding steroid dienone is 12. The van der Waals surface area contributed by atoms with E-state index in [9.17, 15) is 9.59 Å². The van der Waals surface area contributed by atoms with E-state index in [0.717, 1.165) is 77.0 Å². The second-order valence-corrected chi connectivity index (χ2v) is 17.4. The summed E-state index contributed by atoms with van der Waals surface area (Å²) in [6, 6.07) is 0. The molecule has 0 aliphatic carbocycles. The van der Waals surface area contributed by atoms with Gasteiger partial charge in [0, 0.05) is 19.4 Å². The maximum Gasteiger partial charge on any atom is 0.306 e. The topological polar surface area (TPSA) is 61.8 Å². The molecule has 0 radical (unpaired) electrons. The molecule has 62 heavy (non-hydrogen) atoms. The highest BCUT2D eigenvalue weighted by Crippen LogP contribution is 2.14. The first-order valence-electron chi connectivity index (χ1n) is 26.5. The maximum atomic E-state index is 12.7. The molecule has 5 nitrogen and oxygen atoms in total. The number of ether oxygens (including phenoxy) is 3. The first kappa shape index (κ1) is 59.3. The Labute approximate surface area is 385 Å². The van der Waals surface area contributed by atoms with Gasteiger partial charge in [-0.2, -0.15) is 0 Å². The van der Waals surface area contributed by atoms with Gasteiger partial charge in [0.2, 0.25) is 0 Å². The molecule has 0 aliphatic rings. The summed E-state index contributed by atoms with van der Waals surface area (Å²) in [6.45, 7) is 7.65. The van der Waals surface area contributed by atoms with Gasteiger partial charge in [-0.1, -0.05) is 222 Å². The van der Waals surface area contributed by atoms with E-state index in [1.54, 1.807) is 0 Å². The van der Waals surface area contributed by atoms with E-state index in [2.05, 4.69) is 93.7 Å². The molecule has 5 heteroatoms. The van der Waals surface area contributed by atoms with Crippen LogP contribution in [0, 0.1) is 0 Å². The Hall–Kier alpha value is -2.66. The monoisotopic (exact) mass is 865 g/mol. The van der Waals surface area contributed by atoms with Gasteiger partial charge in [0.1, 0.15) is 6.61 Å². The van der Waals surface area contributed by atoms with Crippen LogP contribution in [0.1, 0.15) is 252 Å². The molecule has 0 saturated heterocycles. The Morgan fingerprint density at radius 3 is 1.19 bits per heavy atom. The summed E-state index contributed by atoms with van der Waals surface area (Å²) in [5, 5.41) is 0. The zero-order valence-corrected chi connectivity index (χ0v) is 41.1. The van der Waals surface area contributed by atoms with Crippen molar-refractivity contribution in [1.29, 1.82) is 0 Å². The molecule has 0 heterocycles. The van der Waals surface area contributed by atoms with Crippen molar-refractivity contribution in [2.24, 2.45) is 0 Å². The second-order valence-electron chi connectivity index (χ2n) is 17.4. The van der Waals surface area contributed by atoms with E-state index in [1.165, 1.54) is 141 Å². The molecule has 1 atom stereocenters. The zero-order valence-electron chi connectivity index (χ0n) is 41.1. The van der Waals surface area contributed by atoms with Crippen molar-refractivity contribution in [2.75, 3.05) is 19.8 Å². The predicted octanol–water partition coefficient (Wildman–Crippen LogP) is 17.9. The first-order valence-corrected chi connectivity index (χ1v) is 26.5. The molecule has 358 valence electrons. The quantitative estimate of drug-likeness (QED) is 0.0346. The van der Waals surface area contributed by atoms with Gasteiger partial charge < -0.3 is 14.2 Å². The van der Waals surface area contributed by atoms with Gasteiger partial charge in [0.15, 0.2) is 6.10 Å². The number of esters is 2. The van der Waals surface area contributed by atoms with Crippen molar-refractivity contribution in [2.45, 2.75) is 258 Å². The Bertz CT molecular complexity index is 1110. The summed E-state index contributed by atoms with van der Waals surface area (Å²) in [6.07, 6.45) is 67.7. The van der Waals surface area contributed by atoms with Crippen LogP contribution in [0.5, 0.6) is 0 Å². The maximum absolute atomic E-state index is 12.7. The number of unbranched alkanes of at least 4 members (excludes halogenated alkanes) is 25. The molecule has 0 spiro atoms. The molecule has 0 saturated carbocycles. The molecule has 0 aromatic carbocycles. The zero-order chi connectivity index (χ0) is 44.9. The van der Waals surface area contributed by atoms with Crippen LogP contribution in [0.15, 0.2) is 72.9 Å². The SMILES string of the molecule is CC/C=C\C/C=C\C/C=C\C/C=C\CCCCCCCOCC(COC(=O)CCCCCCCCCCC/C=C\C/C=C\CCCCC)OC(=O)CCCCCCCCCCC. The molecule has 0 N–H and O–H groups in total. The lowest BCUT2D eigenvalue weighted by Crippen LogP contribution is -2.30. The van der Waals surface area contributed by atoms with Gasteiger partial charge in [0.05, 0.1) is 6.61 Å². The van der Waals surface area contributed by atoms with Crippen LogP contribution in [-0.2, 0) is 23.8 Å². The average Bonchev–Trinajstić information content (AvgIpc) is 3.27. The smallest absolute Gasteiger partial charge is 0.306 e. The molecule has 0 rings (SSSR count). The van der Waals surface area contributed by atoms with Crippen LogP contribution in [0.4, 0.5) is 0 Å². The summed E-state index contributed by atoms with van der Waals surface area (Å²) < 4.78 is 17.4. The Balaban J connectivity index is 4.21. The number of carbonyl (C=O) groups excluding carboxylic acids is 2. The van der Waals surface area contributed by atoms with Gasteiger partial charge in [-0.15, -0.1) is 0 Å². The third-order valence-corrected chi connectivity index (χ3v) is 11.2. The molecule has 0 aromatic heterocycles. The highest BCUT2D eigenvalue weighted by Gasteiger charge is 2.17. The lowest BCUT2D eigenvalue weighted by molar-refractivity contribution is -0.163. The fraction of sp³-hybridized carbons (Fsp3) is 0.754. The van der Waals surface area contributed by atoms with Crippen LogP contribution in [-0.4, -0.2) is 37.9 Å². The largest absolute Gasteiger partial charge is 0.462 e. The summed E-state index contributed by atoms with van der Waals surface area (Å²) >= 11 is 0. The molecular formula is C57H100O5. The highest BCUT2D eigenvalue weighted by atomic mass is 16.6. The van der Waals surface area contributed by atoms with Crippen molar-refractivity contribution in [1.82, 2.24) is 0 Å². The number of hydrogen-bond acceptors (Lipinski definition) is 5. The third-order valence-electron chi connectivity index (χ3n) is 11.2. The molecule has 0 bridgehead atoms. The lowest BCUT2D eigenvalue weighted by Gasteiger charge is -2.18. The number of rotatable bonds is 48. The van der Waals surface area contributed by atoms with Gasteiger partial charge >= 0.3 is 11.9 Å². The van der Waals surface area contributed by atoms with E-state index >= 15 is 0 Å². The van der Waals surface area contributed by atoms with Crippen LogP contribution in [0.25, 0.3) is 0 Å².